The molecule has 0 heterocycles. The van der Waals surface area contributed by atoms with E-state index < -0.39 is 23.8 Å². The van der Waals surface area contributed by atoms with Gasteiger partial charge in [0.1, 0.15) is 6.04 Å². The highest BCUT2D eigenvalue weighted by Crippen LogP contribution is 2.27. The Hall–Kier alpha value is -3.30. The Morgan fingerprint density at radius 1 is 1.12 bits per heavy atom. The van der Waals surface area contributed by atoms with E-state index in [1.807, 2.05) is 0 Å². The Labute approximate surface area is 201 Å². The van der Waals surface area contributed by atoms with Crippen LogP contribution < -0.4 is 25.9 Å². The summed E-state index contributed by atoms with van der Waals surface area (Å²) in [5.41, 5.74) is 8.28. The maximum atomic E-state index is 12.6. The number of hydrazone groups is 1. The van der Waals surface area contributed by atoms with Crippen LogP contribution in [0.2, 0.25) is 10.0 Å². The summed E-state index contributed by atoms with van der Waals surface area (Å²) in [5, 5.41) is 7.18. The van der Waals surface area contributed by atoms with Crippen LogP contribution in [0.15, 0.2) is 41.5 Å². The van der Waals surface area contributed by atoms with Gasteiger partial charge >= 0.3 is 0 Å². The molecule has 0 aliphatic heterocycles. The first-order valence-electron chi connectivity index (χ1n) is 9.80. The number of hydrogen-bond donors (Lipinski definition) is 3. The number of halogens is 2. The minimum absolute atomic E-state index is 0.179. The first kappa shape index (κ1) is 26.0. The highest BCUT2D eigenvalue weighted by Gasteiger charge is 2.25. The molecule has 176 valence electrons. The number of nitrogens with zero attached hydrogens (tertiary/aromatic N) is 1. The van der Waals surface area contributed by atoms with Crippen LogP contribution in [-0.4, -0.2) is 43.7 Å². The average Bonchev–Trinajstić information content (AvgIpc) is 2.75. The molecule has 11 heteroatoms. The van der Waals surface area contributed by atoms with Crippen LogP contribution in [0.5, 0.6) is 11.5 Å². The van der Waals surface area contributed by atoms with Crippen molar-refractivity contribution in [2.45, 2.75) is 19.9 Å². The fraction of sp³-hybridized carbons (Fsp3) is 0.273. The highest BCUT2D eigenvalue weighted by atomic mass is 35.5. The Kier molecular flexibility index (Phi) is 9.50. The van der Waals surface area contributed by atoms with E-state index in [0.29, 0.717) is 22.1 Å². The van der Waals surface area contributed by atoms with Crippen molar-refractivity contribution < 1.29 is 23.9 Å². The van der Waals surface area contributed by atoms with Crippen molar-refractivity contribution in [3.05, 3.63) is 57.6 Å². The average molecular weight is 495 g/mol. The van der Waals surface area contributed by atoms with E-state index in [4.69, 9.17) is 38.4 Å². The smallest absolute Gasteiger partial charge is 0.262 e. The van der Waals surface area contributed by atoms with Crippen LogP contribution in [0.4, 0.5) is 0 Å². The van der Waals surface area contributed by atoms with E-state index in [1.165, 1.54) is 31.5 Å². The minimum atomic E-state index is -0.861. The van der Waals surface area contributed by atoms with Gasteiger partial charge in [0.25, 0.3) is 17.7 Å². The quantitative estimate of drug-likeness (QED) is 0.345. The number of nitrogens with two attached hydrogens (primary N) is 1. The van der Waals surface area contributed by atoms with Crippen molar-refractivity contribution in [3.63, 3.8) is 0 Å². The molecular formula is C22H24Cl2N4O5. The second kappa shape index (κ2) is 12.1. The maximum absolute atomic E-state index is 12.6. The molecule has 33 heavy (non-hydrogen) atoms. The maximum Gasteiger partial charge on any atom is 0.262 e. The van der Waals surface area contributed by atoms with Gasteiger partial charge in [-0.3, -0.25) is 14.4 Å². The summed E-state index contributed by atoms with van der Waals surface area (Å²) in [6.07, 6.45) is 1.40. The van der Waals surface area contributed by atoms with Gasteiger partial charge in [-0.2, -0.15) is 5.10 Å². The highest BCUT2D eigenvalue weighted by molar-refractivity contribution is 6.36. The Balaban J connectivity index is 2.05. The summed E-state index contributed by atoms with van der Waals surface area (Å²) in [7, 11) is 1.44. The summed E-state index contributed by atoms with van der Waals surface area (Å²) in [4.78, 5) is 36.1. The van der Waals surface area contributed by atoms with Crippen LogP contribution in [0.25, 0.3) is 0 Å². The lowest BCUT2D eigenvalue weighted by atomic mass is 10.0. The number of methoxy groups -OCH3 is 1. The Bertz CT molecular complexity index is 1060. The third kappa shape index (κ3) is 7.65. The van der Waals surface area contributed by atoms with E-state index >= 15 is 0 Å². The zero-order valence-corrected chi connectivity index (χ0v) is 19.7. The molecule has 9 nitrogen and oxygen atoms in total. The van der Waals surface area contributed by atoms with Crippen molar-refractivity contribution in [3.8, 4) is 11.5 Å². The van der Waals surface area contributed by atoms with Crippen LogP contribution in [0.3, 0.4) is 0 Å². The van der Waals surface area contributed by atoms with E-state index in [9.17, 15) is 14.4 Å². The SMILES string of the molecule is COc1cc(C=NNC(=O)C(NC(=O)c2ccc(Cl)cc2Cl)C(C)C)ccc1OCC(N)=O. The molecule has 0 aliphatic carbocycles. The van der Waals surface area contributed by atoms with Crippen molar-refractivity contribution >= 4 is 47.1 Å². The third-order valence-electron chi connectivity index (χ3n) is 4.36. The summed E-state index contributed by atoms with van der Waals surface area (Å²) in [6.45, 7) is 3.28. The minimum Gasteiger partial charge on any atom is -0.493 e. The van der Waals surface area contributed by atoms with Crippen LogP contribution in [0.1, 0.15) is 29.8 Å². The van der Waals surface area contributed by atoms with Crippen molar-refractivity contribution in [1.82, 2.24) is 10.7 Å². The number of benzene rings is 2. The number of amides is 3. The number of primary amides is 1. The molecule has 1 atom stereocenters. The molecule has 0 fully saturated rings. The number of nitrogens with one attached hydrogen (secondary N) is 2. The Morgan fingerprint density at radius 2 is 1.85 bits per heavy atom. The van der Waals surface area contributed by atoms with E-state index in [1.54, 1.807) is 32.0 Å². The Morgan fingerprint density at radius 3 is 2.45 bits per heavy atom. The largest absolute Gasteiger partial charge is 0.493 e. The molecule has 0 radical (unpaired) electrons. The first-order valence-corrected chi connectivity index (χ1v) is 10.6. The summed E-state index contributed by atoms with van der Waals surface area (Å²) < 4.78 is 10.5. The molecular weight excluding hydrogens is 471 g/mol. The van der Waals surface area contributed by atoms with Crippen molar-refractivity contribution in [2.75, 3.05) is 13.7 Å². The van der Waals surface area contributed by atoms with Crippen LogP contribution in [0, 0.1) is 5.92 Å². The standard InChI is InChI=1S/C22H24Cl2N4O5/c1-12(2)20(27-21(30)15-6-5-14(23)9-16(15)24)22(31)28-26-10-13-4-7-17(18(8-13)32-3)33-11-19(25)29/h4-10,12,20H,11H2,1-3H3,(H2,25,29)(H,27,30)(H,28,31). The fourth-order valence-corrected chi connectivity index (χ4v) is 3.19. The van der Waals surface area contributed by atoms with Gasteiger partial charge in [0.2, 0.25) is 0 Å². The normalized spacial score (nSPS) is 11.8. The molecule has 0 saturated carbocycles. The predicted octanol–water partition coefficient (Wildman–Crippen LogP) is 2.77. The molecule has 0 spiro atoms. The second-order valence-corrected chi connectivity index (χ2v) is 8.06. The number of hydrogen-bond acceptors (Lipinski definition) is 6. The van der Waals surface area contributed by atoms with Gasteiger partial charge in [-0.05, 0) is 47.9 Å². The molecule has 3 amide bonds. The number of carbonyl (C=O) groups is 3. The monoisotopic (exact) mass is 494 g/mol. The zero-order chi connectivity index (χ0) is 24.5. The van der Waals surface area contributed by atoms with Gasteiger partial charge in [0, 0.05) is 5.02 Å². The molecule has 0 aromatic heterocycles. The van der Waals surface area contributed by atoms with E-state index in [0.717, 1.165) is 0 Å². The van der Waals surface area contributed by atoms with Gasteiger partial charge in [-0.15, -0.1) is 0 Å². The van der Waals surface area contributed by atoms with Crippen LogP contribution in [-0.2, 0) is 9.59 Å². The van der Waals surface area contributed by atoms with E-state index in [-0.39, 0.29) is 23.1 Å². The van der Waals surface area contributed by atoms with Crippen molar-refractivity contribution in [2.24, 2.45) is 16.8 Å². The van der Waals surface area contributed by atoms with Gasteiger partial charge in [-0.1, -0.05) is 37.0 Å². The van der Waals surface area contributed by atoms with Crippen LogP contribution >= 0.6 is 23.2 Å². The number of rotatable bonds is 10. The zero-order valence-electron chi connectivity index (χ0n) is 18.2. The molecule has 2 aromatic carbocycles. The second-order valence-electron chi connectivity index (χ2n) is 7.22. The topological polar surface area (TPSA) is 132 Å². The summed E-state index contributed by atoms with van der Waals surface area (Å²) in [5.74, 6) is -1.16. The molecule has 0 aliphatic rings. The molecule has 4 N–H and O–H groups in total. The lowest BCUT2D eigenvalue weighted by Crippen LogP contribution is -2.48. The summed E-state index contributed by atoms with van der Waals surface area (Å²) >= 11 is 11.9. The van der Waals surface area contributed by atoms with E-state index in [2.05, 4.69) is 15.8 Å². The summed E-state index contributed by atoms with van der Waals surface area (Å²) in [6, 6.07) is 8.45. The predicted molar refractivity (Wildman–Crippen MR) is 126 cm³/mol. The fourth-order valence-electron chi connectivity index (χ4n) is 2.70. The van der Waals surface area contributed by atoms with Gasteiger partial charge in [-0.25, -0.2) is 5.43 Å². The third-order valence-corrected chi connectivity index (χ3v) is 4.91. The van der Waals surface area contributed by atoms with Gasteiger partial charge in [0.05, 0.1) is 23.9 Å². The molecule has 0 saturated heterocycles. The number of carbonyl (C=O) groups excluding carboxylic acids is 3. The molecule has 1 unspecified atom stereocenters. The number of ether oxygens (including phenoxy) is 2. The first-order chi connectivity index (χ1) is 15.6. The lowest BCUT2D eigenvalue weighted by Gasteiger charge is -2.20. The van der Waals surface area contributed by atoms with Gasteiger partial charge < -0.3 is 20.5 Å². The van der Waals surface area contributed by atoms with Crippen molar-refractivity contribution in [1.29, 1.82) is 0 Å². The van der Waals surface area contributed by atoms with Gasteiger partial charge in [0.15, 0.2) is 18.1 Å². The molecule has 2 rings (SSSR count). The molecule has 2 aromatic rings. The lowest BCUT2D eigenvalue weighted by molar-refractivity contribution is -0.124. The molecule has 0 bridgehead atoms.